The summed E-state index contributed by atoms with van der Waals surface area (Å²) in [7, 11) is -0.104. The molecule has 0 aliphatic rings. The zero-order chi connectivity index (χ0) is 31.5. The third-order valence-electron chi connectivity index (χ3n) is 6.22. The highest BCUT2D eigenvalue weighted by Gasteiger charge is 2.16. The summed E-state index contributed by atoms with van der Waals surface area (Å²) in [6.45, 7) is 2.19. The van der Waals surface area contributed by atoms with E-state index in [1.54, 1.807) is 73.8 Å². The summed E-state index contributed by atoms with van der Waals surface area (Å²) in [5.41, 5.74) is 3.04. The number of aromatic nitrogens is 3. The molecule has 0 fully saturated rings. The van der Waals surface area contributed by atoms with Crippen molar-refractivity contribution in [1.82, 2.24) is 24.8 Å². The number of aryl methyl sites for hydroxylation is 2. The highest BCUT2D eigenvalue weighted by molar-refractivity contribution is 8.00. The monoisotopic (exact) mass is 612 g/mol. The lowest BCUT2D eigenvalue weighted by Crippen LogP contribution is -2.33. The Morgan fingerprint density at radius 3 is 2.48 bits per heavy atom. The van der Waals surface area contributed by atoms with Gasteiger partial charge in [0.1, 0.15) is 5.69 Å². The molecular formula is C32H32N6O5S. The van der Waals surface area contributed by atoms with Crippen molar-refractivity contribution in [2.45, 2.75) is 18.2 Å². The molecule has 2 heterocycles. The number of rotatable bonds is 10. The molecule has 226 valence electrons. The predicted octanol–water partition coefficient (Wildman–Crippen LogP) is 2.72. The maximum atomic E-state index is 13.9. The SMILES string of the molecule is COC(=O)CNCCC=S(=O)(NC(=O)c1cncc(C#Cc2cccc(NC(=O)c3cc(C)nn3C)c2)c1)c1ccccc1. The van der Waals surface area contributed by atoms with E-state index in [1.807, 2.05) is 6.92 Å². The predicted molar refractivity (Wildman–Crippen MR) is 168 cm³/mol. The van der Waals surface area contributed by atoms with Gasteiger partial charge in [-0.15, -0.1) is 0 Å². The molecule has 11 nitrogen and oxygen atoms in total. The molecule has 0 aliphatic heterocycles. The van der Waals surface area contributed by atoms with Gasteiger partial charge >= 0.3 is 5.97 Å². The Bertz CT molecular complexity index is 1850. The van der Waals surface area contributed by atoms with Crippen LogP contribution in [-0.2, 0) is 26.3 Å². The van der Waals surface area contributed by atoms with Gasteiger partial charge in [-0.25, -0.2) is 4.21 Å². The number of esters is 1. The van der Waals surface area contributed by atoms with E-state index >= 15 is 0 Å². The van der Waals surface area contributed by atoms with Crippen LogP contribution in [0.4, 0.5) is 5.69 Å². The van der Waals surface area contributed by atoms with Crippen LogP contribution in [0.1, 0.15) is 44.1 Å². The van der Waals surface area contributed by atoms with Gasteiger partial charge < -0.3 is 15.4 Å². The van der Waals surface area contributed by atoms with Crippen LogP contribution in [0.3, 0.4) is 0 Å². The molecule has 44 heavy (non-hydrogen) atoms. The molecule has 12 heteroatoms. The molecule has 3 N–H and O–H groups in total. The maximum absolute atomic E-state index is 13.9. The lowest BCUT2D eigenvalue weighted by molar-refractivity contribution is -0.139. The molecule has 0 saturated heterocycles. The quantitative estimate of drug-likeness (QED) is 0.107. The van der Waals surface area contributed by atoms with Crippen molar-refractivity contribution in [3.63, 3.8) is 0 Å². The normalized spacial score (nSPS) is 11.8. The lowest BCUT2D eigenvalue weighted by atomic mass is 10.1. The Morgan fingerprint density at radius 2 is 1.75 bits per heavy atom. The Morgan fingerprint density at radius 1 is 0.977 bits per heavy atom. The van der Waals surface area contributed by atoms with Crippen LogP contribution in [-0.4, -0.2) is 62.3 Å². The van der Waals surface area contributed by atoms with Crippen LogP contribution in [0, 0.1) is 18.8 Å². The van der Waals surface area contributed by atoms with Crippen molar-refractivity contribution >= 4 is 38.5 Å². The molecule has 1 unspecified atom stereocenters. The first-order chi connectivity index (χ1) is 21.2. The number of pyridine rings is 1. The second-order valence-corrected chi connectivity index (χ2v) is 11.8. The summed E-state index contributed by atoms with van der Waals surface area (Å²) < 4.78 is 22.7. The molecule has 2 aromatic heterocycles. The molecule has 4 aromatic rings. The topological polar surface area (TPSA) is 144 Å². The summed E-state index contributed by atoms with van der Waals surface area (Å²) in [4.78, 5) is 41.8. The molecule has 0 bridgehead atoms. The third kappa shape index (κ3) is 8.64. The number of carbonyl (C=O) groups excluding carboxylic acids is 3. The molecule has 1 atom stereocenters. The van der Waals surface area contributed by atoms with E-state index in [1.165, 1.54) is 29.6 Å². The Balaban J connectivity index is 1.48. The van der Waals surface area contributed by atoms with E-state index in [0.29, 0.717) is 40.4 Å². The summed E-state index contributed by atoms with van der Waals surface area (Å²) in [5.74, 6) is 4.74. The van der Waals surface area contributed by atoms with Crippen molar-refractivity contribution in [3.8, 4) is 11.8 Å². The molecule has 2 aromatic carbocycles. The smallest absolute Gasteiger partial charge is 0.319 e. The van der Waals surface area contributed by atoms with Crippen molar-refractivity contribution in [3.05, 3.63) is 107 Å². The number of nitrogens with zero attached hydrogens (tertiary/aromatic N) is 3. The first kappa shape index (κ1) is 31.7. The summed E-state index contributed by atoms with van der Waals surface area (Å²) >= 11 is 0. The highest BCUT2D eigenvalue weighted by Crippen LogP contribution is 2.14. The first-order valence-electron chi connectivity index (χ1n) is 13.6. The van der Waals surface area contributed by atoms with E-state index in [-0.39, 0.29) is 18.0 Å². The van der Waals surface area contributed by atoms with Gasteiger partial charge in [-0.2, -0.15) is 5.10 Å². The average molecular weight is 613 g/mol. The zero-order valence-corrected chi connectivity index (χ0v) is 25.3. The lowest BCUT2D eigenvalue weighted by Gasteiger charge is -2.14. The van der Waals surface area contributed by atoms with Crippen LogP contribution >= 0.6 is 0 Å². The molecule has 2 amide bonds. The van der Waals surface area contributed by atoms with Crippen molar-refractivity contribution < 1.29 is 23.3 Å². The summed E-state index contributed by atoms with van der Waals surface area (Å²) in [6.07, 6.45) is 3.21. The van der Waals surface area contributed by atoms with Crippen molar-refractivity contribution in [2.75, 3.05) is 25.5 Å². The Hall–Kier alpha value is -5.25. The number of ether oxygens (including phenoxy) is 1. The van der Waals surface area contributed by atoms with E-state index in [2.05, 4.69) is 42.0 Å². The van der Waals surface area contributed by atoms with Crippen molar-refractivity contribution in [2.24, 2.45) is 7.05 Å². The van der Waals surface area contributed by atoms with E-state index in [0.717, 1.165) is 5.69 Å². The standard InChI is InChI=1S/C32H32N6O5S/c1-23-17-29(38(2)36-23)32(41)35-27-10-7-9-24(19-27)13-14-25-18-26(21-34-20-25)31(40)37-44(42,28-11-5-4-6-12-28)16-8-15-33-22-30(39)43-3/h4-7,9-12,16-21,33H,8,15,22H2,1-3H3,(H,35,41)(H,37,40,42). The van der Waals surface area contributed by atoms with Gasteiger partial charge in [-0.05, 0) is 67.7 Å². The molecule has 0 aliphatic carbocycles. The van der Waals surface area contributed by atoms with E-state index in [4.69, 9.17) is 0 Å². The highest BCUT2D eigenvalue weighted by atomic mass is 32.2. The number of carbonyl (C=O) groups is 3. The third-order valence-corrected chi connectivity index (χ3v) is 8.38. The van der Waals surface area contributed by atoms with Crippen LogP contribution in [0.15, 0.2) is 84.0 Å². The summed E-state index contributed by atoms with van der Waals surface area (Å²) in [5, 5.41) is 11.5. The van der Waals surface area contributed by atoms with Gasteiger partial charge in [0.05, 0.1) is 34.6 Å². The Labute approximate surface area is 256 Å². The van der Waals surface area contributed by atoms with E-state index < -0.39 is 21.6 Å². The fourth-order valence-electron chi connectivity index (χ4n) is 4.08. The fourth-order valence-corrected chi connectivity index (χ4v) is 5.87. The molecule has 4 rings (SSSR count). The van der Waals surface area contributed by atoms with Gasteiger partial charge in [0.2, 0.25) is 0 Å². The molecule has 0 saturated carbocycles. The fraction of sp³-hybridized carbons (Fsp3) is 0.188. The van der Waals surface area contributed by atoms with Gasteiger partial charge in [-0.3, -0.25) is 28.8 Å². The number of amides is 2. The molecular weight excluding hydrogens is 580 g/mol. The second kappa shape index (κ2) is 14.8. The van der Waals surface area contributed by atoms with Crippen molar-refractivity contribution in [1.29, 1.82) is 0 Å². The van der Waals surface area contributed by atoms with Gasteiger partial charge in [-0.1, -0.05) is 36.1 Å². The molecule has 0 spiro atoms. The minimum atomic E-state index is -3.11. The van der Waals surface area contributed by atoms with Crippen LogP contribution in [0.2, 0.25) is 0 Å². The number of methoxy groups -OCH3 is 1. The largest absolute Gasteiger partial charge is 0.468 e. The zero-order valence-electron chi connectivity index (χ0n) is 24.5. The summed E-state index contributed by atoms with van der Waals surface area (Å²) in [6, 6.07) is 19.0. The number of nitrogens with one attached hydrogen (secondary N) is 3. The van der Waals surface area contributed by atoms with Crippen LogP contribution in [0.25, 0.3) is 0 Å². The number of benzene rings is 2. The minimum absolute atomic E-state index is 0.0205. The Kier molecular flexibility index (Phi) is 10.6. The second-order valence-electron chi connectivity index (χ2n) is 9.59. The number of hydrogen-bond donors (Lipinski definition) is 3. The maximum Gasteiger partial charge on any atom is 0.319 e. The number of hydrogen-bond acceptors (Lipinski definition) is 8. The first-order valence-corrected chi connectivity index (χ1v) is 15.2. The average Bonchev–Trinajstić information content (AvgIpc) is 3.38. The number of anilines is 1. The van der Waals surface area contributed by atoms with Crippen LogP contribution in [0.5, 0.6) is 0 Å². The van der Waals surface area contributed by atoms with Gasteiger partial charge in [0.25, 0.3) is 11.8 Å². The van der Waals surface area contributed by atoms with Crippen LogP contribution < -0.4 is 15.4 Å². The minimum Gasteiger partial charge on any atom is -0.468 e. The van der Waals surface area contributed by atoms with Gasteiger partial charge in [0, 0.05) is 41.2 Å². The van der Waals surface area contributed by atoms with Gasteiger partial charge in [0.15, 0.2) is 0 Å². The molecule has 0 radical (unpaired) electrons. The van der Waals surface area contributed by atoms with E-state index in [9.17, 15) is 18.6 Å².